The molecule has 0 heterocycles. The molecule has 4 nitrogen and oxygen atoms in total. The zero-order chi connectivity index (χ0) is 18.4. The lowest BCUT2D eigenvalue weighted by atomic mass is 9.97. The SMILES string of the molecule is CCC(C)C(NC(=O)c1ccccc1)C(=O)Nc1cccc(C)c1C. The molecule has 0 aromatic heterocycles. The molecule has 0 radical (unpaired) electrons. The highest BCUT2D eigenvalue weighted by molar-refractivity contribution is 6.01. The summed E-state index contributed by atoms with van der Waals surface area (Å²) in [6.07, 6.45) is 0.792. The molecule has 0 aliphatic rings. The van der Waals surface area contributed by atoms with Crippen molar-refractivity contribution in [3.63, 3.8) is 0 Å². The maximum atomic E-state index is 12.8. The van der Waals surface area contributed by atoms with Gasteiger partial charge in [0.25, 0.3) is 5.91 Å². The molecular formula is C21H26N2O2. The molecule has 0 aliphatic carbocycles. The van der Waals surface area contributed by atoms with E-state index in [1.165, 1.54) is 0 Å². The number of anilines is 1. The zero-order valence-electron chi connectivity index (χ0n) is 15.3. The zero-order valence-corrected chi connectivity index (χ0v) is 15.3. The van der Waals surface area contributed by atoms with E-state index in [-0.39, 0.29) is 17.7 Å². The van der Waals surface area contributed by atoms with Gasteiger partial charge < -0.3 is 10.6 Å². The number of aryl methyl sites for hydroxylation is 1. The Morgan fingerprint density at radius 1 is 1.00 bits per heavy atom. The molecule has 2 atom stereocenters. The summed E-state index contributed by atoms with van der Waals surface area (Å²) in [6.45, 7) is 7.97. The topological polar surface area (TPSA) is 58.2 Å². The second-order valence-corrected chi connectivity index (χ2v) is 6.44. The number of hydrogen-bond donors (Lipinski definition) is 2. The minimum atomic E-state index is -0.586. The molecule has 4 heteroatoms. The van der Waals surface area contributed by atoms with Crippen molar-refractivity contribution in [2.75, 3.05) is 5.32 Å². The number of benzene rings is 2. The van der Waals surface area contributed by atoms with Gasteiger partial charge in [-0.3, -0.25) is 9.59 Å². The highest BCUT2D eigenvalue weighted by Gasteiger charge is 2.26. The predicted octanol–water partition coefficient (Wildman–Crippen LogP) is 4.09. The molecule has 2 N–H and O–H groups in total. The van der Waals surface area contributed by atoms with Gasteiger partial charge in [0.15, 0.2) is 0 Å². The maximum Gasteiger partial charge on any atom is 0.251 e. The summed E-state index contributed by atoms with van der Waals surface area (Å²) in [4.78, 5) is 25.3. The van der Waals surface area contributed by atoms with E-state index in [1.54, 1.807) is 12.1 Å². The first-order valence-electron chi connectivity index (χ1n) is 8.67. The summed E-state index contributed by atoms with van der Waals surface area (Å²) < 4.78 is 0. The number of carbonyl (C=O) groups is 2. The van der Waals surface area contributed by atoms with Gasteiger partial charge >= 0.3 is 0 Å². The van der Waals surface area contributed by atoms with Gasteiger partial charge in [-0.15, -0.1) is 0 Å². The maximum absolute atomic E-state index is 12.8. The van der Waals surface area contributed by atoms with Crippen LogP contribution in [0.1, 0.15) is 41.8 Å². The first kappa shape index (κ1) is 18.7. The first-order chi connectivity index (χ1) is 11.9. The van der Waals surface area contributed by atoms with Crippen LogP contribution in [0.5, 0.6) is 0 Å². The van der Waals surface area contributed by atoms with Crippen LogP contribution < -0.4 is 10.6 Å². The monoisotopic (exact) mass is 338 g/mol. The fraction of sp³-hybridized carbons (Fsp3) is 0.333. The van der Waals surface area contributed by atoms with Crippen LogP contribution >= 0.6 is 0 Å². The van der Waals surface area contributed by atoms with Crippen molar-refractivity contribution >= 4 is 17.5 Å². The van der Waals surface area contributed by atoms with Crippen molar-refractivity contribution in [3.8, 4) is 0 Å². The highest BCUT2D eigenvalue weighted by atomic mass is 16.2. The molecule has 2 aromatic rings. The van der Waals surface area contributed by atoms with Gasteiger partial charge in [-0.1, -0.05) is 50.6 Å². The molecule has 2 amide bonds. The molecule has 25 heavy (non-hydrogen) atoms. The van der Waals surface area contributed by atoms with E-state index in [9.17, 15) is 9.59 Å². The molecule has 132 valence electrons. The van der Waals surface area contributed by atoms with Crippen LogP contribution in [-0.2, 0) is 4.79 Å². The summed E-state index contributed by atoms with van der Waals surface area (Å²) in [6, 6.07) is 14.2. The van der Waals surface area contributed by atoms with Crippen molar-refractivity contribution in [2.45, 2.75) is 40.2 Å². The Morgan fingerprint density at radius 3 is 2.32 bits per heavy atom. The van der Waals surface area contributed by atoms with Gasteiger partial charge in [-0.25, -0.2) is 0 Å². The number of carbonyl (C=O) groups excluding carboxylic acids is 2. The summed E-state index contributed by atoms with van der Waals surface area (Å²) in [5, 5.41) is 5.86. The summed E-state index contributed by atoms with van der Waals surface area (Å²) in [7, 11) is 0. The van der Waals surface area contributed by atoms with E-state index in [4.69, 9.17) is 0 Å². The molecule has 0 spiro atoms. The van der Waals surface area contributed by atoms with Crippen LogP contribution in [0.3, 0.4) is 0 Å². The number of amides is 2. The van der Waals surface area contributed by atoms with E-state index in [0.717, 1.165) is 23.2 Å². The largest absolute Gasteiger partial charge is 0.340 e. The lowest BCUT2D eigenvalue weighted by Gasteiger charge is -2.24. The Hall–Kier alpha value is -2.62. The minimum absolute atomic E-state index is 0.0257. The standard InChI is InChI=1S/C21H26N2O2/c1-5-14(2)19(23-20(24)17-11-7-6-8-12-17)21(25)22-18-13-9-10-15(3)16(18)4/h6-14,19H,5H2,1-4H3,(H,22,25)(H,23,24). The molecule has 2 rings (SSSR count). The van der Waals surface area contributed by atoms with Crippen LogP contribution in [0.4, 0.5) is 5.69 Å². The van der Waals surface area contributed by atoms with Crippen molar-refractivity contribution in [1.82, 2.24) is 5.32 Å². The Balaban J connectivity index is 2.17. The fourth-order valence-electron chi connectivity index (χ4n) is 2.61. The van der Waals surface area contributed by atoms with Gasteiger partial charge in [0.2, 0.25) is 5.91 Å². The summed E-state index contributed by atoms with van der Waals surface area (Å²) >= 11 is 0. The van der Waals surface area contributed by atoms with E-state index >= 15 is 0 Å². The molecule has 0 saturated heterocycles. The Bertz CT molecular complexity index is 741. The van der Waals surface area contributed by atoms with Crippen molar-refractivity contribution in [3.05, 3.63) is 65.2 Å². The van der Waals surface area contributed by atoms with Crippen LogP contribution in [-0.4, -0.2) is 17.9 Å². The minimum Gasteiger partial charge on any atom is -0.340 e. The summed E-state index contributed by atoms with van der Waals surface area (Å²) in [5.41, 5.74) is 3.49. The van der Waals surface area contributed by atoms with Gasteiger partial charge in [0.1, 0.15) is 6.04 Å². The third-order valence-corrected chi connectivity index (χ3v) is 4.68. The Kier molecular flexibility index (Phi) is 6.34. The molecular weight excluding hydrogens is 312 g/mol. The molecule has 2 aromatic carbocycles. The smallest absolute Gasteiger partial charge is 0.251 e. The molecule has 0 fully saturated rings. The fourth-order valence-corrected chi connectivity index (χ4v) is 2.61. The average Bonchev–Trinajstić information content (AvgIpc) is 2.63. The molecule has 2 unspecified atom stereocenters. The van der Waals surface area contributed by atoms with E-state index < -0.39 is 6.04 Å². The van der Waals surface area contributed by atoms with Gasteiger partial charge in [0, 0.05) is 11.3 Å². The van der Waals surface area contributed by atoms with Gasteiger partial charge in [-0.2, -0.15) is 0 Å². The van der Waals surface area contributed by atoms with Crippen molar-refractivity contribution in [1.29, 1.82) is 0 Å². The second kappa shape index (κ2) is 8.47. The first-order valence-corrected chi connectivity index (χ1v) is 8.67. The number of nitrogens with one attached hydrogen (secondary N) is 2. The van der Waals surface area contributed by atoms with E-state index in [2.05, 4.69) is 10.6 Å². The molecule has 0 saturated carbocycles. The Labute approximate surface area is 149 Å². The highest BCUT2D eigenvalue weighted by Crippen LogP contribution is 2.19. The predicted molar refractivity (Wildman–Crippen MR) is 102 cm³/mol. The van der Waals surface area contributed by atoms with Gasteiger partial charge in [-0.05, 0) is 49.1 Å². The van der Waals surface area contributed by atoms with Crippen LogP contribution in [0, 0.1) is 19.8 Å². The van der Waals surface area contributed by atoms with Crippen LogP contribution in [0.25, 0.3) is 0 Å². The average molecular weight is 338 g/mol. The van der Waals surface area contributed by atoms with Gasteiger partial charge in [0.05, 0.1) is 0 Å². The molecule has 0 bridgehead atoms. The van der Waals surface area contributed by atoms with Crippen LogP contribution in [0.2, 0.25) is 0 Å². The number of rotatable bonds is 6. The summed E-state index contributed by atoms with van der Waals surface area (Å²) in [5.74, 6) is -0.396. The third kappa shape index (κ3) is 4.69. The normalized spacial score (nSPS) is 13.0. The second-order valence-electron chi connectivity index (χ2n) is 6.44. The lowest BCUT2D eigenvalue weighted by molar-refractivity contribution is -0.119. The number of hydrogen-bond acceptors (Lipinski definition) is 2. The van der Waals surface area contributed by atoms with E-state index in [0.29, 0.717) is 5.56 Å². The quantitative estimate of drug-likeness (QED) is 0.833. The molecule has 0 aliphatic heterocycles. The Morgan fingerprint density at radius 2 is 1.68 bits per heavy atom. The van der Waals surface area contributed by atoms with Crippen molar-refractivity contribution in [2.24, 2.45) is 5.92 Å². The lowest BCUT2D eigenvalue weighted by Crippen LogP contribution is -2.47. The van der Waals surface area contributed by atoms with Crippen LogP contribution in [0.15, 0.2) is 48.5 Å². The van der Waals surface area contributed by atoms with Crippen molar-refractivity contribution < 1.29 is 9.59 Å². The van der Waals surface area contributed by atoms with E-state index in [1.807, 2.05) is 64.1 Å². The third-order valence-electron chi connectivity index (χ3n) is 4.68.